The molecule has 0 unspecified atom stereocenters. The molecule has 0 N–H and O–H groups in total. The molecule has 0 atom stereocenters. The lowest BCUT2D eigenvalue weighted by Crippen LogP contribution is -2.25. The maximum atomic E-state index is 12.3. The van der Waals surface area contributed by atoms with E-state index in [1.807, 2.05) is 32.0 Å². The number of anilines is 1. The van der Waals surface area contributed by atoms with Crippen molar-refractivity contribution in [2.24, 2.45) is 0 Å². The Hall–Kier alpha value is -2.54. The van der Waals surface area contributed by atoms with Gasteiger partial charge >= 0.3 is 5.97 Å². The second-order valence-electron chi connectivity index (χ2n) is 6.50. The van der Waals surface area contributed by atoms with Gasteiger partial charge in [-0.2, -0.15) is 0 Å². The minimum atomic E-state index is -3.28. The number of hydrogen-bond donors (Lipinski definition) is 0. The summed E-state index contributed by atoms with van der Waals surface area (Å²) in [6.07, 6.45) is 0.590. The van der Waals surface area contributed by atoms with Gasteiger partial charge in [0.05, 0.1) is 17.0 Å². The van der Waals surface area contributed by atoms with E-state index in [0.717, 1.165) is 16.9 Å². The molecule has 2 aromatic carbocycles. The SMILES string of the molecule is Cc1cccc(C)c1OCCOC(=O)c1cccc(N2CCCS2(=O)=O)c1. The van der Waals surface area contributed by atoms with Gasteiger partial charge < -0.3 is 9.47 Å². The molecular weight excluding hydrogens is 366 g/mol. The maximum absolute atomic E-state index is 12.3. The van der Waals surface area contributed by atoms with Gasteiger partial charge in [0.15, 0.2) is 0 Å². The molecule has 0 saturated carbocycles. The topological polar surface area (TPSA) is 72.9 Å². The van der Waals surface area contributed by atoms with E-state index in [4.69, 9.17) is 9.47 Å². The van der Waals surface area contributed by atoms with Crippen LogP contribution in [0.15, 0.2) is 42.5 Å². The lowest BCUT2D eigenvalue weighted by Gasteiger charge is -2.17. The van der Waals surface area contributed by atoms with Crippen LogP contribution in [0.2, 0.25) is 0 Å². The first kappa shape index (κ1) is 19.2. The van der Waals surface area contributed by atoms with Crippen molar-refractivity contribution in [2.75, 3.05) is 29.8 Å². The molecule has 1 saturated heterocycles. The molecule has 7 heteroatoms. The second kappa shape index (κ2) is 8.00. The molecule has 0 amide bonds. The standard InChI is InChI=1S/C20H23NO5S/c1-15-6-3-7-16(2)19(15)25-11-12-26-20(22)17-8-4-9-18(14-17)21-10-5-13-27(21,23)24/h3-4,6-9,14H,5,10-13H2,1-2H3. The minimum absolute atomic E-state index is 0.110. The van der Waals surface area contributed by atoms with Crippen LogP contribution in [0.25, 0.3) is 0 Å². The average Bonchev–Trinajstić information content (AvgIpc) is 2.99. The summed E-state index contributed by atoms with van der Waals surface area (Å²) in [4.78, 5) is 12.3. The third kappa shape index (κ3) is 4.42. The second-order valence-corrected chi connectivity index (χ2v) is 8.51. The first-order valence-electron chi connectivity index (χ1n) is 8.85. The Balaban J connectivity index is 1.58. The number of nitrogens with zero attached hydrogens (tertiary/aromatic N) is 1. The summed E-state index contributed by atoms with van der Waals surface area (Å²) in [6.45, 7) is 4.72. The Kier molecular flexibility index (Phi) is 5.70. The van der Waals surface area contributed by atoms with Crippen molar-refractivity contribution in [1.82, 2.24) is 0 Å². The number of ether oxygens (including phenoxy) is 2. The van der Waals surface area contributed by atoms with Crippen LogP contribution < -0.4 is 9.04 Å². The van der Waals surface area contributed by atoms with E-state index in [2.05, 4.69) is 0 Å². The van der Waals surface area contributed by atoms with E-state index in [9.17, 15) is 13.2 Å². The van der Waals surface area contributed by atoms with Crippen molar-refractivity contribution in [3.63, 3.8) is 0 Å². The molecular formula is C20H23NO5S. The fourth-order valence-corrected chi connectivity index (χ4v) is 4.66. The third-order valence-corrected chi connectivity index (χ3v) is 6.31. The first-order valence-corrected chi connectivity index (χ1v) is 10.5. The van der Waals surface area contributed by atoms with Crippen molar-refractivity contribution < 1.29 is 22.7 Å². The smallest absolute Gasteiger partial charge is 0.338 e. The normalized spacial score (nSPS) is 15.6. The Morgan fingerprint density at radius 2 is 1.78 bits per heavy atom. The number of carbonyl (C=O) groups is 1. The Morgan fingerprint density at radius 3 is 2.44 bits per heavy atom. The predicted octanol–water partition coefficient (Wildman–Crippen LogP) is 3.08. The van der Waals surface area contributed by atoms with E-state index in [1.54, 1.807) is 24.3 Å². The van der Waals surface area contributed by atoms with E-state index in [0.29, 0.717) is 24.2 Å². The van der Waals surface area contributed by atoms with Gasteiger partial charge in [-0.1, -0.05) is 24.3 Å². The summed E-state index contributed by atoms with van der Waals surface area (Å²) in [5.41, 5.74) is 2.87. The van der Waals surface area contributed by atoms with Crippen LogP contribution in [0.3, 0.4) is 0 Å². The molecule has 0 radical (unpaired) electrons. The zero-order valence-corrected chi connectivity index (χ0v) is 16.3. The Bertz CT molecular complexity index is 919. The first-order chi connectivity index (χ1) is 12.9. The zero-order valence-electron chi connectivity index (χ0n) is 15.5. The summed E-state index contributed by atoms with van der Waals surface area (Å²) >= 11 is 0. The van der Waals surface area contributed by atoms with Crippen molar-refractivity contribution in [2.45, 2.75) is 20.3 Å². The average molecular weight is 389 g/mol. The van der Waals surface area contributed by atoms with Crippen molar-refractivity contribution in [1.29, 1.82) is 0 Å². The highest BCUT2D eigenvalue weighted by atomic mass is 32.2. The van der Waals surface area contributed by atoms with Crippen molar-refractivity contribution in [3.05, 3.63) is 59.2 Å². The Morgan fingerprint density at radius 1 is 1.07 bits per heavy atom. The van der Waals surface area contributed by atoms with Gasteiger partial charge in [0.1, 0.15) is 19.0 Å². The maximum Gasteiger partial charge on any atom is 0.338 e. The number of aryl methyl sites for hydroxylation is 2. The monoisotopic (exact) mass is 389 g/mol. The van der Waals surface area contributed by atoms with Gasteiger partial charge in [-0.25, -0.2) is 13.2 Å². The van der Waals surface area contributed by atoms with Crippen LogP contribution in [0.5, 0.6) is 5.75 Å². The molecule has 0 aromatic heterocycles. The molecule has 2 aromatic rings. The van der Waals surface area contributed by atoms with E-state index in [-0.39, 0.29) is 19.0 Å². The van der Waals surface area contributed by atoms with Crippen molar-refractivity contribution >= 4 is 21.7 Å². The molecule has 1 fully saturated rings. The van der Waals surface area contributed by atoms with Crippen LogP contribution in [-0.4, -0.2) is 39.9 Å². The predicted molar refractivity (Wildman–Crippen MR) is 104 cm³/mol. The van der Waals surface area contributed by atoms with Gasteiger partial charge in [-0.15, -0.1) is 0 Å². The number of rotatable bonds is 6. The molecule has 144 valence electrons. The van der Waals surface area contributed by atoms with Gasteiger partial charge in [-0.3, -0.25) is 4.31 Å². The third-order valence-electron chi connectivity index (χ3n) is 4.44. The van der Waals surface area contributed by atoms with Crippen LogP contribution in [0.4, 0.5) is 5.69 Å². The fourth-order valence-electron chi connectivity index (χ4n) is 3.11. The Labute approximate surface area is 159 Å². The number of carbonyl (C=O) groups excluding carboxylic acids is 1. The molecule has 0 aliphatic carbocycles. The molecule has 6 nitrogen and oxygen atoms in total. The molecule has 27 heavy (non-hydrogen) atoms. The summed E-state index contributed by atoms with van der Waals surface area (Å²) < 4.78 is 36.4. The van der Waals surface area contributed by atoms with Gasteiger partial charge in [0, 0.05) is 6.54 Å². The molecule has 0 spiro atoms. The quantitative estimate of drug-likeness (QED) is 0.561. The van der Waals surface area contributed by atoms with Gasteiger partial charge in [-0.05, 0) is 49.6 Å². The number of hydrogen-bond acceptors (Lipinski definition) is 5. The van der Waals surface area contributed by atoms with Crippen LogP contribution >= 0.6 is 0 Å². The summed E-state index contributed by atoms with van der Waals surface area (Å²) in [5.74, 6) is 0.436. The lowest BCUT2D eigenvalue weighted by atomic mass is 10.1. The number of sulfonamides is 1. The van der Waals surface area contributed by atoms with E-state index in [1.165, 1.54) is 4.31 Å². The highest BCUT2D eigenvalue weighted by molar-refractivity contribution is 7.93. The van der Waals surface area contributed by atoms with Crippen LogP contribution in [0, 0.1) is 13.8 Å². The molecule has 0 bridgehead atoms. The summed E-state index contributed by atoms with van der Waals surface area (Å²) in [6, 6.07) is 12.4. The van der Waals surface area contributed by atoms with Crippen molar-refractivity contribution in [3.8, 4) is 5.75 Å². The summed E-state index contributed by atoms with van der Waals surface area (Å²) in [7, 11) is -3.28. The number of esters is 1. The van der Waals surface area contributed by atoms with Gasteiger partial charge in [0.25, 0.3) is 0 Å². The molecule has 3 rings (SSSR count). The van der Waals surface area contributed by atoms with Gasteiger partial charge in [0.2, 0.25) is 10.0 Å². The summed E-state index contributed by atoms with van der Waals surface area (Å²) in [5, 5.41) is 0. The molecule has 1 aliphatic rings. The zero-order chi connectivity index (χ0) is 19.4. The van der Waals surface area contributed by atoms with Crippen LogP contribution in [0.1, 0.15) is 27.9 Å². The lowest BCUT2D eigenvalue weighted by molar-refractivity contribution is 0.0450. The highest BCUT2D eigenvalue weighted by Crippen LogP contribution is 2.25. The largest absolute Gasteiger partial charge is 0.489 e. The van der Waals surface area contributed by atoms with Crippen LogP contribution in [-0.2, 0) is 14.8 Å². The van der Waals surface area contributed by atoms with E-state index >= 15 is 0 Å². The molecule has 1 aliphatic heterocycles. The number of benzene rings is 2. The van der Waals surface area contributed by atoms with E-state index < -0.39 is 16.0 Å². The number of para-hydroxylation sites is 1. The molecule has 1 heterocycles. The fraction of sp³-hybridized carbons (Fsp3) is 0.350. The minimum Gasteiger partial charge on any atom is -0.489 e. The highest BCUT2D eigenvalue weighted by Gasteiger charge is 2.28.